The molecule has 0 unspecified atom stereocenters. The molecule has 4 rings (SSSR count). The van der Waals surface area contributed by atoms with E-state index in [1.165, 1.54) is 25.7 Å². The Kier molecular flexibility index (Phi) is 18.2. The number of nitrogens with one attached hydrogen (secondary N) is 2. The number of aryl methyl sites for hydroxylation is 1. The fourth-order valence-electron chi connectivity index (χ4n) is 3.52. The van der Waals surface area contributed by atoms with Crippen molar-refractivity contribution in [3.63, 3.8) is 0 Å². The van der Waals surface area contributed by atoms with Crippen molar-refractivity contribution in [3.05, 3.63) is 54.3 Å². The summed E-state index contributed by atoms with van der Waals surface area (Å²) < 4.78 is 4.25. The number of carbonyl (C=O) groups excluding carboxylic acids is 3. The lowest BCUT2D eigenvalue weighted by atomic mass is 10.1. The van der Waals surface area contributed by atoms with Gasteiger partial charge < -0.3 is 21.1 Å². The largest absolute Gasteiger partial charge is 0.388 e. The van der Waals surface area contributed by atoms with E-state index in [0.717, 1.165) is 39.0 Å². The third-order valence-corrected chi connectivity index (χ3v) is 6.12. The van der Waals surface area contributed by atoms with E-state index in [9.17, 15) is 14.4 Å². The van der Waals surface area contributed by atoms with Crippen molar-refractivity contribution in [2.75, 3.05) is 24.4 Å². The number of nitrogens with two attached hydrogens (primary N) is 1. The summed E-state index contributed by atoms with van der Waals surface area (Å²) in [4.78, 5) is 43.8. The highest BCUT2D eigenvalue weighted by Crippen LogP contribution is 2.44. The molecular formula is C28H42N6O4S. The Balaban J connectivity index is 0.000000660. The number of carbonyl (C=O) groups is 3. The van der Waals surface area contributed by atoms with E-state index in [2.05, 4.69) is 44.2 Å². The molecule has 0 bridgehead atoms. The molecule has 1 saturated carbocycles. The van der Waals surface area contributed by atoms with Crippen LogP contribution >= 0.6 is 11.3 Å². The normalized spacial score (nSPS) is 13.7. The number of amides is 4. The molecule has 1 aliphatic heterocycles. The first kappa shape index (κ1) is 35.2. The van der Waals surface area contributed by atoms with Gasteiger partial charge in [-0.2, -0.15) is 0 Å². The lowest BCUT2D eigenvalue weighted by molar-refractivity contribution is -0.113. The Morgan fingerprint density at radius 1 is 1.28 bits per heavy atom. The minimum absolute atomic E-state index is 0.214. The number of hydrogen-bond donors (Lipinski definition) is 3. The van der Waals surface area contributed by atoms with Crippen LogP contribution in [-0.4, -0.2) is 49.8 Å². The third kappa shape index (κ3) is 11.2. The molecule has 3 heterocycles. The summed E-state index contributed by atoms with van der Waals surface area (Å²) in [6.07, 6.45) is 13.4. The van der Waals surface area contributed by atoms with Crippen LogP contribution in [0.15, 0.2) is 54.5 Å². The van der Waals surface area contributed by atoms with Gasteiger partial charge >= 0.3 is 6.03 Å². The Labute approximate surface area is 235 Å². The maximum absolute atomic E-state index is 12.5. The van der Waals surface area contributed by atoms with Crippen molar-refractivity contribution in [2.24, 2.45) is 10.7 Å². The zero-order chi connectivity index (χ0) is 29.8. The van der Waals surface area contributed by atoms with Gasteiger partial charge in [-0.3, -0.25) is 19.5 Å². The van der Waals surface area contributed by atoms with Crippen molar-refractivity contribution < 1.29 is 19.1 Å². The molecule has 214 valence electrons. The number of allylic oxidation sites excluding steroid dienone is 1. The van der Waals surface area contributed by atoms with Crippen LogP contribution in [0, 0.1) is 6.92 Å². The van der Waals surface area contributed by atoms with E-state index in [1.807, 2.05) is 33.8 Å². The monoisotopic (exact) mass is 558 g/mol. The summed E-state index contributed by atoms with van der Waals surface area (Å²) in [5.41, 5.74) is 6.81. The summed E-state index contributed by atoms with van der Waals surface area (Å²) in [6.45, 7) is 14.7. The highest BCUT2D eigenvalue weighted by molar-refractivity contribution is 7.19. The highest BCUT2D eigenvalue weighted by atomic mass is 32.1. The number of rotatable bonds is 6. The Morgan fingerprint density at radius 2 is 1.87 bits per heavy atom. The van der Waals surface area contributed by atoms with Gasteiger partial charge in [0.05, 0.1) is 28.7 Å². The molecule has 0 spiro atoms. The van der Waals surface area contributed by atoms with Crippen molar-refractivity contribution in [1.82, 2.24) is 10.3 Å². The molecule has 11 heteroatoms. The second-order valence-electron chi connectivity index (χ2n) is 7.76. The van der Waals surface area contributed by atoms with E-state index in [4.69, 9.17) is 0 Å². The van der Waals surface area contributed by atoms with Gasteiger partial charge in [-0.15, -0.1) is 11.3 Å². The molecule has 2 aliphatic rings. The lowest BCUT2D eigenvalue weighted by Crippen LogP contribution is -2.36. The van der Waals surface area contributed by atoms with Crippen LogP contribution in [0.4, 0.5) is 16.2 Å². The van der Waals surface area contributed by atoms with E-state index < -0.39 is 5.91 Å². The van der Waals surface area contributed by atoms with Gasteiger partial charge in [0.15, 0.2) is 0 Å². The molecular weight excluding hydrogens is 516 g/mol. The Bertz CT molecular complexity index is 1140. The maximum Gasteiger partial charge on any atom is 0.331 e. The van der Waals surface area contributed by atoms with Crippen molar-refractivity contribution in [1.29, 1.82) is 0 Å². The van der Waals surface area contributed by atoms with Crippen molar-refractivity contribution >= 4 is 57.5 Å². The number of pyridine rings is 1. The molecule has 0 saturated heterocycles. The molecule has 1 fully saturated rings. The molecule has 2 aromatic heterocycles. The van der Waals surface area contributed by atoms with Crippen LogP contribution in [0.2, 0.25) is 0 Å². The minimum Gasteiger partial charge on any atom is -0.388 e. The molecule has 2 aromatic rings. The van der Waals surface area contributed by atoms with Gasteiger partial charge in [0.25, 0.3) is 0 Å². The van der Waals surface area contributed by atoms with Gasteiger partial charge in [0.1, 0.15) is 4.83 Å². The average Bonchev–Trinajstić information content (AvgIpc) is 3.56. The SMILES string of the molecule is C=C/C(=C\N=CC)N1C(=O)Nc2c(C)sc3nccc1c23.C=CC(N)=O.CC.COC.O=CNC1CCCC1. The van der Waals surface area contributed by atoms with Crippen LogP contribution in [0.25, 0.3) is 10.2 Å². The van der Waals surface area contributed by atoms with E-state index >= 15 is 0 Å². The lowest BCUT2D eigenvalue weighted by Gasteiger charge is -2.28. The van der Waals surface area contributed by atoms with Crippen molar-refractivity contribution in [3.8, 4) is 0 Å². The number of primary amides is 1. The Hall–Kier alpha value is -3.83. The fourth-order valence-corrected chi connectivity index (χ4v) is 4.49. The predicted molar refractivity (Wildman–Crippen MR) is 163 cm³/mol. The highest BCUT2D eigenvalue weighted by Gasteiger charge is 2.30. The second kappa shape index (κ2) is 20.2. The number of aromatic nitrogens is 1. The molecule has 0 aromatic carbocycles. The van der Waals surface area contributed by atoms with Crippen LogP contribution in [-0.2, 0) is 14.3 Å². The summed E-state index contributed by atoms with van der Waals surface area (Å²) in [6, 6.07) is 2.12. The predicted octanol–water partition coefficient (Wildman–Crippen LogP) is 5.70. The van der Waals surface area contributed by atoms with E-state index in [0.29, 0.717) is 11.7 Å². The number of hydrogen-bond acceptors (Lipinski definition) is 7. The summed E-state index contributed by atoms with van der Waals surface area (Å²) >= 11 is 1.57. The molecule has 1 aliphatic carbocycles. The number of nitrogens with zero attached hydrogens (tertiary/aromatic N) is 3. The number of aliphatic imine (C=N–C) groups is 1. The fraction of sp³-hybridized carbons (Fsp3) is 0.393. The van der Waals surface area contributed by atoms with Gasteiger partial charge in [0.2, 0.25) is 12.3 Å². The van der Waals surface area contributed by atoms with Crippen LogP contribution < -0.4 is 21.3 Å². The summed E-state index contributed by atoms with van der Waals surface area (Å²) in [5.74, 6) is -0.481. The van der Waals surface area contributed by atoms with Gasteiger partial charge in [-0.05, 0) is 44.9 Å². The first-order chi connectivity index (χ1) is 18.8. The molecule has 0 atom stereocenters. The minimum atomic E-state index is -0.481. The van der Waals surface area contributed by atoms with Crippen molar-refractivity contribution in [2.45, 2.75) is 59.4 Å². The molecule has 39 heavy (non-hydrogen) atoms. The van der Waals surface area contributed by atoms with Gasteiger partial charge in [-0.1, -0.05) is 39.8 Å². The molecule has 4 amide bonds. The van der Waals surface area contributed by atoms with Crippen LogP contribution in [0.3, 0.4) is 0 Å². The van der Waals surface area contributed by atoms with Crippen LogP contribution in [0.5, 0.6) is 0 Å². The number of urea groups is 1. The first-order valence-electron chi connectivity index (χ1n) is 12.6. The smallest absolute Gasteiger partial charge is 0.331 e. The standard InChI is InChI=1S/C15H14N4OS.C6H11NO.C3H5NO.C2H6O.C2H6/c1-4-10(8-16-5-2)19-11-6-7-17-14-12(11)13(9(3)21-14)18-15(19)20;8-5-7-6-3-1-2-4-6;1-2-3(4)5;1-3-2;1-2/h4-8H,1H2,2-3H3,(H,18,20);5-6H,1-4H2,(H,7,8);2H,1H2,(H2,4,5);1-2H3;1-2H3/b10-8+,16-5?;;;;. The summed E-state index contributed by atoms with van der Waals surface area (Å²) in [7, 11) is 3.25. The molecule has 10 nitrogen and oxygen atoms in total. The van der Waals surface area contributed by atoms with E-state index in [1.54, 1.807) is 55.1 Å². The third-order valence-electron chi connectivity index (χ3n) is 5.11. The summed E-state index contributed by atoms with van der Waals surface area (Å²) in [5, 5.41) is 6.66. The average molecular weight is 559 g/mol. The van der Waals surface area contributed by atoms with Gasteiger partial charge in [-0.25, -0.2) is 9.78 Å². The topological polar surface area (TPSA) is 139 Å². The number of thiophene rings is 1. The number of ether oxygens (including phenoxy) is 1. The first-order valence-corrected chi connectivity index (χ1v) is 13.4. The van der Waals surface area contributed by atoms with Crippen LogP contribution in [0.1, 0.15) is 51.3 Å². The molecule has 4 N–H and O–H groups in total. The van der Waals surface area contributed by atoms with E-state index in [-0.39, 0.29) is 6.03 Å². The number of anilines is 2. The van der Waals surface area contributed by atoms with Gasteiger partial charge in [0, 0.05) is 37.6 Å². The quantitative estimate of drug-likeness (QED) is 0.181. The number of methoxy groups -OCH3 is 1. The zero-order valence-electron chi connectivity index (χ0n) is 23.8. The maximum atomic E-state index is 12.5. The Morgan fingerprint density at radius 3 is 2.36 bits per heavy atom. The molecule has 0 radical (unpaired) electrons. The second-order valence-corrected chi connectivity index (χ2v) is 8.96. The zero-order valence-corrected chi connectivity index (χ0v) is 24.6.